The van der Waals surface area contributed by atoms with Gasteiger partial charge in [0, 0.05) is 28.2 Å². The van der Waals surface area contributed by atoms with Gasteiger partial charge in [0.15, 0.2) is 0 Å². The zero-order valence-corrected chi connectivity index (χ0v) is 13.9. The second-order valence-corrected chi connectivity index (χ2v) is 6.63. The number of nitrogens with one attached hydrogen (secondary N) is 2. The van der Waals surface area contributed by atoms with Crippen LogP contribution in [-0.4, -0.2) is 24.0 Å². The molecule has 2 unspecified atom stereocenters. The van der Waals surface area contributed by atoms with Crippen molar-refractivity contribution in [1.29, 1.82) is 0 Å². The summed E-state index contributed by atoms with van der Waals surface area (Å²) >= 11 is 12.0. The van der Waals surface area contributed by atoms with Gasteiger partial charge in [-0.3, -0.25) is 4.79 Å². The summed E-state index contributed by atoms with van der Waals surface area (Å²) in [6.07, 6.45) is 4.86. The van der Waals surface area contributed by atoms with Crippen molar-refractivity contribution in [2.45, 2.75) is 50.2 Å². The molecule has 116 valence electrons. The van der Waals surface area contributed by atoms with Gasteiger partial charge in [-0.2, -0.15) is 0 Å². The van der Waals surface area contributed by atoms with Crippen molar-refractivity contribution >= 4 is 41.5 Å². The van der Waals surface area contributed by atoms with Crippen LogP contribution in [0.3, 0.4) is 0 Å². The Balaban J connectivity index is 0.00000161. The van der Waals surface area contributed by atoms with E-state index in [1.54, 1.807) is 12.1 Å². The average Bonchev–Trinajstić information content (AvgIpc) is 2.72. The third-order valence-electron chi connectivity index (χ3n) is 4.20. The third-order valence-corrected chi connectivity index (χ3v) is 4.79. The Morgan fingerprint density at radius 2 is 1.90 bits per heavy atom. The van der Waals surface area contributed by atoms with E-state index < -0.39 is 0 Å². The SMILES string of the molecule is Cl.O=C(Cc1ccc(Cl)cc1Cl)NC1CC2CCC(C1)N2. The van der Waals surface area contributed by atoms with E-state index in [0.717, 1.165) is 18.4 Å². The van der Waals surface area contributed by atoms with Gasteiger partial charge in [0.05, 0.1) is 6.42 Å². The summed E-state index contributed by atoms with van der Waals surface area (Å²) < 4.78 is 0. The molecule has 2 N–H and O–H groups in total. The lowest BCUT2D eigenvalue weighted by Gasteiger charge is -2.29. The van der Waals surface area contributed by atoms with Crippen LogP contribution in [0.1, 0.15) is 31.2 Å². The number of amides is 1. The van der Waals surface area contributed by atoms with Gasteiger partial charge in [0.25, 0.3) is 0 Å². The van der Waals surface area contributed by atoms with E-state index in [0.29, 0.717) is 34.6 Å². The second kappa shape index (κ2) is 7.19. The van der Waals surface area contributed by atoms with Crippen LogP contribution in [-0.2, 0) is 11.2 Å². The first-order chi connectivity index (χ1) is 9.60. The highest BCUT2D eigenvalue weighted by atomic mass is 35.5. The van der Waals surface area contributed by atoms with Gasteiger partial charge in [-0.25, -0.2) is 0 Å². The summed E-state index contributed by atoms with van der Waals surface area (Å²) in [4.78, 5) is 12.1. The summed E-state index contributed by atoms with van der Waals surface area (Å²) in [5.41, 5.74) is 0.825. The first-order valence-corrected chi connectivity index (χ1v) is 7.85. The molecule has 2 atom stereocenters. The molecule has 3 rings (SSSR count). The number of piperidine rings is 1. The lowest BCUT2D eigenvalue weighted by molar-refractivity contribution is -0.121. The largest absolute Gasteiger partial charge is 0.353 e. The fourth-order valence-corrected chi connectivity index (χ4v) is 3.77. The van der Waals surface area contributed by atoms with Gasteiger partial charge < -0.3 is 10.6 Å². The Morgan fingerprint density at radius 1 is 1.24 bits per heavy atom. The number of halogens is 3. The van der Waals surface area contributed by atoms with Crippen LogP contribution in [0.15, 0.2) is 18.2 Å². The van der Waals surface area contributed by atoms with Crippen molar-refractivity contribution in [3.63, 3.8) is 0 Å². The van der Waals surface area contributed by atoms with Gasteiger partial charge in [-0.05, 0) is 43.4 Å². The molecule has 2 bridgehead atoms. The first-order valence-electron chi connectivity index (χ1n) is 7.09. The lowest BCUT2D eigenvalue weighted by Crippen LogP contribution is -2.48. The summed E-state index contributed by atoms with van der Waals surface area (Å²) in [6.45, 7) is 0. The Kier molecular flexibility index (Phi) is 5.78. The number of carbonyl (C=O) groups is 1. The zero-order chi connectivity index (χ0) is 14.1. The third kappa shape index (κ3) is 4.26. The van der Waals surface area contributed by atoms with Crippen LogP contribution in [0, 0.1) is 0 Å². The van der Waals surface area contributed by atoms with Crippen LogP contribution in [0.5, 0.6) is 0 Å². The topological polar surface area (TPSA) is 41.1 Å². The number of fused-ring (bicyclic) bond motifs is 2. The molecule has 2 aliphatic heterocycles. The van der Waals surface area contributed by atoms with E-state index in [4.69, 9.17) is 23.2 Å². The number of hydrogen-bond donors (Lipinski definition) is 2. The molecular weight excluding hydrogens is 331 g/mol. The fraction of sp³-hybridized carbons (Fsp3) is 0.533. The lowest BCUT2D eigenvalue weighted by atomic mass is 9.99. The Labute approximate surface area is 141 Å². The number of benzene rings is 1. The Morgan fingerprint density at radius 3 is 2.52 bits per heavy atom. The maximum atomic E-state index is 12.1. The van der Waals surface area contributed by atoms with E-state index in [2.05, 4.69) is 10.6 Å². The molecular formula is C15H19Cl3N2O. The van der Waals surface area contributed by atoms with Gasteiger partial charge >= 0.3 is 0 Å². The van der Waals surface area contributed by atoms with Gasteiger partial charge in [0.2, 0.25) is 5.91 Å². The minimum Gasteiger partial charge on any atom is -0.353 e. The van der Waals surface area contributed by atoms with Gasteiger partial charge in [-0.15, -0.1) is 12.4 Å². The number of carbonyl (C=O) groups excluding carboxylic acids is 1. The fourth-order valence-electron chi connectivity index (χ4n) is 3.29. The number of rotatable bonds is 3. The smallest absolute Gasteiger partial charge is 0.224 e. The summed E-state index contributed by atoms with van der Waals surface area (Å²) in [6, 6.07) is 6.72. The highest BCUT2D eigenvalue weighted by Crippen LogP contribution is 2.27. The van der Waals surface area contributed by atoms with Crippen LogP contribution in [0.2, 0.25) is 10.0 Å². The molecule has 0 aromatic heterocycles. The maximum absolute atomic E-state index is 12.1. The molecule has 3 nitrogen and oxygen atoms in total. The van der Waals surface area contributed by atoms with E-state index >= 15 is 0 Å². The minimum atomic E-state index is 0. The molecule has 2 heterocycles. The van der Waals surface area contributed by atoms with Crippen molar-refractivity contribution in [2.24, 2.45) is 0 Å². The summed E-state index contributed by atoms with van der Waals surface area (Å²) in [7, 11) is 0. The molecule has 21 heavy (non-hydrogen) atoms. The molecule has 1 aromatic carbocycles. The zero-order valence-electron chi connectivity index (χ0n) is 11.6. The van der Waals surface area contributed by atoms with E-state index in [1.807, 2.05) is 6.07 Å². The van der Waals surface area contributed by atoms with Crippen LogP contribution in [0.4, 0.5) is 0 Å². The van der Waals surface area contributed by atoms with Crippen LogP contribution >= 0.6 is 35.6 Å². The van der Waals surface area contributed by atoms with Crippen molar-refractivity contribution < 1.29 is 4.79 Å². The maximum Gasteiger partial charge on any atom is 0.224 e. The molecule has 2 saturated heterocycles. The molecule has 2 fully saturated rings. The predicted octanol–water partition coefficient (Wildman–Crippen LogP) is 3.36. The van der Waals surface area contributed by atoms with Crippen LogP contribution < -0.4 is 10.6 Å². The van der Waals surface area contributed by atoms with Crippen molar-refractivity contribution in [1.82, 2.24) is 10.6 Å². The van der Waals surface area contributed by atoms with E-state index in [9.17, 15) is 4.79 Å². The van der Waals surface area contributed by atoms with Crippen molar-refractivity contribution in [3.8, 4) is 0 Å². The molecule has 6 heteroatoms. The van der Waals surface area contributed by atoms with Gasteiger partial charge in [-0.1, -0.05) is 29.3 Å². The summed E-state index contributed by atoms with van der Waals surface area (Å²) in [5.74, 6) is 0.0422. The standard InChI is InChI=1S/C15H18Cl2N2O.ClH/c16-10-2-1-9(14(17)6-10)5-15(20)19-13-7-11-3-4-12(8-13)18-11;/h1-2,6,11-13,18H,3-5,7-8H2,(H,19,20);1H. The average molecular weight is 350 g/mol. The van der Waals surface area contributed by atoms with Crippen molar-refractivity contribution in [2.75, 3.05) is 0 Å². The molecule has 1 aromatic rings. The number of hydrogen-bond acceptors (Lipinski definition) is 2. The summed E-state index contributed by atoms with van der Waals surface area (Å²) in [5, 5.41) is 7.86. The second-order valence-electron chi connectivity index (χ2n) is 5.79. The normalized spacial score (nSPS) is 27.0. The molecule has 0 aliphatic carbocycles. The quantitative estimate of drug-likeness (QED) is 0.878. The van der Waals surface area contributed by atoms with E-state index in [1.165, 1.54) is 12.8 Å². The predicted molar refractivity (Wildman–Crippen MR) is 88.5 cm³/mol. The highest BCUT2D eigenvalue weighted by molar-refractivity contribution is 6.35. The van der Waals surface area contributed by atoms with E-state index in [-0.39, 0.29) is 18.3 Å². The molecule has 1 amide bonds. The van der Waals surface area contributed by atoms with Crippen molar-refractivity contribution in [3.05, 3.63) is 33.8 Å². The van der Waals surface area contributed by atoms with Gasteiger partial charge in [0.1, 0.15) is 0 Å². The first kappa shape index (κ1) is 16.9. The molecule has 0 radical (unpaired) electrons. The highest BCUT2D eigenvalue weighted by Gasteiger charge is 2.33. The Bertz CT molecular complexity index is 512. The Hall–Kier alpha value is -0.480. The monoisotopic (exact) mass is 348 g/mol. The molecule has 0 saturated carbocycles. The molecule has 0 spiro atoms. The molecule has 2 aliphatic rings. The minimum absolute atomic E-state index is 0. The van der Waals surface area contributed by atoms with Crippen LogP contribution in [0.25, 0.3) is 0 Å².